The molecule has 0 N–H and O–H groups in total. The maximum absolute atomic E-state index is 13.0. The molecule has 2 aromatic carbocycles. The van der Waals surface area contributed by atoms with E-state index in [1.807, 2.05) is 30.9 Å². The lowest BCUT2D eigenvalue weighted by atomic mass is 10.00. The van der Waals surface area contributed by atoms with E-state index in [1.54, 1.807) is 7.05 Å². The molecule has 1 aliphatic heterocycles. The van der Waals surface area contributed by atoms with Gasteiger partial charge in [0.05, 0.1) is 12.2 Å². The number of benzene rings is 2. The van der Waals surface area contributed by atoms with Gasteiger partial charge in [0.15, 0.2) is 0 Å². The number of hydrogen-bond donors (Lipinski definition) is 0. The van der Waals surface area contributed by atoms with Crippen LogP contribution in [0.4, 0.5) is 5.69 Å². The molecule has 5 heteroatoms. The van der Waals surface area contributed by atoms with Crippen LogP contribution in [0.5, 0.6) is 5.75 Å². The number of aliphatic imine (C=N–C) groups is 2. The number of aryl methyl sites for hydroxylation is 1. The Kier molecular flexibility index (Phi) is 8.21. The lowest BCUT2D eigenvalue weighted by Gasteiger charge is -2.20. The van der Waals surface area contributed by atoms with Gasteiger partial charge in [0.25, 0.3) is 0 Å². The maximum Gasteiger partial charge on any atom is 0.249 e. The zero-order valence-electron chi connectivity index (χ0n) is 20.7. The monoisotopic (exact) mass is 445 g/mol. The van der Waals surface area contributed by atoms with Gasteiger partial charge < -0.3 is 9.64 Å². The highest BCUT2D eigenvalue weighted by Crippen LogP contribution is 2.32. The largest absolute Gasteiger partial charge is 0.491 e. The maximum atomic E-state index is 13.0. The number of rotatable bonds is 6. The number of fused-ring (bicyclic) bond motifs is 1. The van der Waals surface area contributed by atoms with Crippen LogP contribution in [0, 0.1) is 6.92 Å². The second-order valence-corrected chi connectivity index (χ2v) is 8.69. The van der Waals surface area contributed by atoms with Crippen LogP contribution in [0.2, 0.25) is 0 Å². The van der Waals surface area contributed by atoms with Crippen LogP contribution in [0.25, 0.3) is 11.1 Å². The van der Waals surface area contributed by atoms with Gasteiger partial charge in [-0.25, -0.2) is 0 Å². The Balaban J connectivity index is 1.91. The minimum absolute atomic E-state index is 0.0122. The van der Waals surface area contributed by atoms with Crippen molar-refractivity contribution in [2.24, 2.45) is 9.98 Å². The number of carbonyl (C=O) groups excluding carboxylic acids is 1. The molecule has 0 bridgehead atoms. The van der Waals surface area contributed by atoms with Crippen molar-refractivity contribution in [3.63, 3.8) is 0 Å². The molecule has 5 nitrogen and oxygen atoms in total. The first-order valence-corrected chi connectivity index (χ1v) is 11.6. The minimum atomic E-state index is 0.0122. The summed E-state index contributed by atoms with van der Waals surface area (Å²) in [4.78, 5) is 23.9. The van der Waals surface area contributed by atoms with Gasteiger partial charge in [-0.15, -0.1) is 0 Å². The third kappa shape index (κ3) is 6.19. The molecular formula is C28H35N3O2. The average Bonchev–Trinajstić information content (AvgIpc) is 3.01. The van der Waals surface area contributed by atoms with E-state index in [0.717, 1.165) is 58.0 Å². The molecule has 1 aliphatic rings. The van der Waals surface area contributed by atoms with E-state index in [1.165, 1.54) is 0 Å². The summed E-state index contributed by atoms with van der Waals surface area (Å²) in [5, 5.41) is 0. The summed E-state index contributed by atoms with van der Waals surface area (Å²) in [7, 11) is 1.73. The molecule has 1 heterocycles. The van der Waals surface area contributed by atoms with E-state index in [9.17, 15) is 4.79 Å². The summed E-state index contributed by atoms with van der Waals surface area (Å²) in [6, 6.07) is 12.6. The van der Waals surface area contributed by atoms with Crippen LogP contribution in [-0.2, 0) is 11.3 Å². The molecule has 0 radical (unpaired) electrons. The zero-order chi connectivity index (χ0) is 24.0. The van der Waals surface area contributed by atoms with Crippen LogP contribution in [0.15, 0.2) is 58.0 Å². The van der Waals surface area contributed by atoms with E-state index in [4.69, 9.17) is 9.73 Å². The van der Waals surface area contributed by atoms with Gasteiger partial charge in [-0.05, 0) is 75.1 Å². The predicted molar refractivity (Wildman–Crippen MR) is 138 cm³/mol. The van der Waals surface area contributed by atoms with Crippen molar-refractivity contribution in [3.8, 4) is 16.9 Å². The Morgan fingerprint density at radius 1 is 1.12 bits per heavy atom. The second kappa shape index (κ2) is 11.1. The first-order valence-electron chi connectivity index (χ1n) is 11.6. The topological polar surface area (TPSA) is 54.3 Å². The molecule has 2 aromatic rings. The Labute approximate surface area is 197 Å². The molecule has 3 rings (SSSR count). The van der Waals surface area contributed by atoms with Crippen molar-refractivity contribution in [3.05, 3.63) is 59.2 Å². The van der Waals surface area contributed by atoms with E-state index in [-0.39, 0.29) is 5.91 Å². The third-order valence-corrected chi connectivity index (χ3v) is 5.91. The number of allylic oxidation sites excluding steroid dienone is 1. The average molecular weight is 446 g/mol. The number of nitrogens with zero attached hydrogens (tertiary/aromatic N) is 3. The fourth-order valence-electron chi connectivity index (χ4n) is 3.97. The molecule has 174 valence electrons. The molecule has 0 aliphatic carbocycles. The minimum Gasteiger partial charge on any atom is -0.491 e. The third-order valence-electron chi connectivity index (χ3n) is 5.91. The van der Waals surface area contributed by atoms with Crippen molar-refractivity contribution >= 4 is 23.0 Å². The van der Waals surface area contributed by atoms with E-state index in [0.29, 0.717) is 25.3 Å². The highest BCUT2D eigenvalue weighted by molar-refractivity contribution is 6.02. The van der Waals surface area contributed by atoms with Crippen LogP contribution in [-0.4, -0.2) is 42.4 Å². The van der Waals surface area contributed by atoms with Crippen LogP contribution in [0.3, 0.4) is 0 Å². The smallest absolute Gasteiger partial charge is 0.249 e. The molecule has 0 saturated heterocycles. The SMILES string of the molecule is CCCC(C)=Nc1cc(-c2ccc3c(c2)CN(C(=O)C(C)=CC(C)=NC)CCO3)ccc1C. The van der Waals surface area contributed by atoms with E-state index in [2.05, 4.69) is 56.1 Å². The fraction of sp³-hybridized carbons (Fsp3) is 0.393. The molecule has 0 aromatic heterocycles. The first kappa shape index (κ1) is 24.4. The van der Waals surface area contributed by atoms with Gasteiger partial charge in [0, 0.05) is 36.2 Å². The van der Waals surface area contributed by atoms with E-state index < -0.39 is 0 Å². The van der Waals surface area contributed by atoms with Gasteiger partial charge in [0.1, 0.15) is 12.4 Å². The summed E-state index contributed by atoms with van der Waals surface area (Å²) < 4.78 is 5.97. The molecule has 0 fully saturated rings. The summed E-state index contributed by atoms with van der Waals surface area (Å²) in [6.07, 6.45) is 3.93. The van der Waals surface area contributed by atoms with Crippen molar-refractivity contribution < 1.29 is 9.53 Å². The Bertz CT molecular complexity index is 1110. The van der Waals surface area contributed by atoms with Crippen LogP contribution in [0.1, 0.15) is 51.7 Å². The number of carbonyl (C=O) groups is 1. The van der Waals surface area contributed by atoms with Crippen molar-refractivity contribution in [2.75, 3.05) is 20.2 Å². The van der Waals surface area contributed by atoms with Crippen LogP contribution >= 0.6 is 0 Å². The quantitative estimate of drug-likeness (QED) is 0.386. The van der Waals surface area contributed by atoms with Crippen LogP contribution < -0.4 is 4.74 Å². The predicted octanol–water partition coefficient (Wildman–Crippen LogP) is 6.31. The van der Waals surface area contributed by atoms with Gasteiger partial charge >= 0.3 is 0 Å². The van der Waals surface area contributed by atoms with Gasteiger partial charge in [0.2, 0.25) is 5.91 Å². The normalized spacial score (nSPS) is 15.1. The van der Waals surface area contributed by atoms with Gasteiger partial charge in [-0.1, -0.05) is 31.5 Å². The Morgan fingerprint density at radius 3 is 2.58 bits per heavy atom. The highest BCUT2D eigenvalue weighted by atomic mass is 16.5. The fourth-order valence-corrected chi connectivity index (χ4v) is 3.97. The number of amides is 1. The Morgan fingerprint density at radius 2 is 1.85 bits per heavy atom. The molecular weight excluding hydrogens is 410 g/mol. The molecule has 0 spiro atoms. The Hall–Kier alpha value is -3.21. The molecule has 0 unspecified atom stereocenters. The molecule has 0 atom stereocenters. The van der Waals surface area contributed by atoms with Crippen molar-refractivity contribution in [1.29, 1.82) is 0 Å². The summed E-state index contributed by atoms with van der Waals surface area (Å²) in [6.45, 7) is 11.6. The second-order valence-electron chi connectivity index (χ2n) is 8.69. The lowest BCUT2D eigenvalue weighted by Crippen LogP contribution is -2.33. The summed E-state index contributed by atoms with van der Waals surface area (Å²) >= 11 is 0. The number of ether oxygens (including phenoxy) is 1. The van der Waals surface area contributed by atoms with Crippen molar-refractivity contribution in [1.82, 2.24) is 4.90 Å². The first-order chi connectivity index (χ1) is 15.8. The van der Waals surface area contributed by atoms with Gasteiger partial charge in [-0.3, -0.25) is 14.8 Å². The molecule has 1 amide bonds. The van der Waals surface area contributed by atoms with Gasteiger partial charge in [-0.2, -0.15) is 0 Å². The zero-order valence-corrected chi connectivity index (χ0v) is 20.7. The summed E-state index contributed by atoms with van der Waals surface area (Å²) in [5.74, 6) is 0.851. The standard InChI is InChI=1S/C28H35N3O2/c1-7-8-21(4)30-26-17-24(10-9-19(26)2)23-11-12-27-25(16-23)18-31(13-14-33-27)28(32)20(3)15-22(5)29-6/h9-12,15-17H,7-8,13-14,18H2,1-6H3. The molecule has 33 heavy (non-hydrogen) atoms. The molecule has 0 saturated carbocycles. The number of hydrogen-bond acceptors (Lipinski definition) is 4. The van der Waals surface area contributed by atoms with Crippen molar-refractivity contribution in [2.45, 2.75) is 54.0 Å². The lowest BCUT2D eigenvalue weighted by molar-refractivity contribution is -0.127. The summed E-state index contributed by atoms with van der Waals surface area (Å²) in [5.41, 5.74) is 8.06. The highest BCUT2D eigenvalue weighted by Gasteiger charge is 2.21. The van der Waals surface area contributed by atoms with E-state index >= 15 is 0 Å².